The molecule has 212 valence electrons. The molecule has 40 heavy (non-hydrogen) atoms. The number of hydrogen-bond donors (Lipinski definition) is 1. The second-order valence-corrected chi connectivity index (χ2v) is 11.9. The molecule has 1 N–H and O–H groups in total. The molecule has 0 amide bonds. The third-order valence-electron chi connectivity index (χ3n) is 7.79. The maximum absolute atomic E-state index is 14.1. The van der Waals surface area contributed by atoms with Crippen molar-refractivity contribution in [1.29, 1.82) is 0 Å². The van der Waals surface area contributed by atoms with Crippen molar-refractivity contribution in [1.82, 2.24) is 29.2 Å². The van der Waals surface area contributed by atoms with E-state index in [0.717, 1.165) is 11.4 Å². The Morgan fingerprint density at radius 3 is 2.45 bits per heavy atom. The number of fused-ring (bicyclic) bond motifs is 2. The lowest BCUT2D eigenvalue weighted by molar-refractivity contribution is -0.230. The summed E-state index contributed by atoms with van der Waals surface area (Å²) in [6.45, 7) is 11.6. The number of benzene rings is 1. The minimum Gasteiger partial charge on any atom is -0.324 e. The first-order valence-corrected chi connectivity index (χ1v) is 13.3. The van der Waals surface area contributed by atoms with Crippen molar-refractivity contribution in [2.75, 3.05) is 18.9 Å². The molecule has 8 nitrogen and oxygen atoms in total. The number of halogens is 3. The molecule has 1 aliphatic rings. The quantitative estimate of drug-likeness (QED) is 0.341. The topological polar surface area (TPSA) is 80.9 Å². The van der Waals surface area contributed by atoms with Crippen LogP contribution in [0.5, 0.6) is 0 Å². The van der Waals surface area contributed by atoms with Crippen molar-refractivity contribution < 1.29 is 13.2 Å². The molecule has 0 saturated carbocycles. The van der Waals surface area contributed by atoms with Gasteiger partial charge in [0.25, 0.3) is 5.56 Å². The monoisotopic (exact) mass is 553 g/mol. The Morgan fingerprint density at radius 1 is 1.07 bits per heavy atom. The third-order valence-corrected chi connectivity index (χ3v) is 7.79. The number of nitrogens with one attached hydrogen (secondary N) is 1. The van der Waals surface area contributed by atoms with Crippen molar-refractivity contribution in [2.45, 2.75) is 71.1 Å². The first-order chi connectivity index (χ1) is 18.6. The zero-order chi connectivity index (χ0) is 29.2. The van der Waals surface area contributed by atoms with Crippen molar-refractivity contribution >= 4 is 22.7 Å². The summed E-state index contributed by atoms with van der Waals surface area (Å²) < 4.78 is 45.7. The molecule has 0 bridgehead atoms. The summed E-state index contributed by atoms with van der Waals surface area (Å²) in [7, 11) is 1.50. The largest absolute Gasteiger partial charge is 0.410 e. The second-order valence-electron chi connectivity index (χ2n) is 11.9. The fourth-order valence-electron chi connectivity index (χ4n) is 5.30. The van der Waals surface area contributed by atoms with Gasteiger partial charge in [-0.3, -0.25) is 14.7 Å². The molecule has 0 aliphatic carbocycles. The van der Waals surface area contributed by atoms with E-state index < -0.39 is 11.7 Å². The van der Waals surface area contributed by atoms with Gasteiger partial charge in [0.2, 0.25) is 5.95 Å². The van der Waals surface area contributed by atoms with E-state index >= 15 is 0 Å². The third kappa shape index (κ3) is 4.46. The van der Waals surface area contributed by atoms with Crippen molar-refractivity contribution in [3.05, 3.63) is 69.9 Å². The van der Waals surface area contributed by atoms with Gasteiger partial charge in [-0.05, 0) is 69.6 Å². The Bertz CT molecular complexity index is 1650. The van der Waals surface area contributed by atoms with Gasteiger partial charge >= 0.3 is 6.18 Å². The van der Waals surface area contributed by atoms with Gasteiger partial charge in [0.15, 0.2) is 5.65 Å². The van der Waals surface area contributed by atoms with Crippen LogP contribution in [0.1, 0.15) is 64.4 Å². The van der Waals surface area contributed by atoms with Crippen LogP contribution in [-0.4, -0.2) is 49.0 Å². The van der Waals surface area contributed by atoms with Gasteiger partial charge in [0.1, 0.15) is 10.9 Å². The van der Waals surface area contributed by atoms with E-state index in [1.54, 1.807) is 27.7 Å². The number of pyridine rings is 1. The zero-order valence-corrected chi connectivity index (χ0v) is 23.8. The predicted molar refractivity (Wildman–Crippen MR) is 149 cm³/mol. The Labute approximate surface area is 230 Å². The number of aromatic nitrogens is 5. The molecule has 1 atom stereocenters. The fraction of sp³-hybridized carbons (Fsp3) is 0.448. The van der Waals surface area contributed by atoms with E-state index in [4.69, 9.17) is 4.98 Å². The molecule has 1 unspecified atom stereocenters. The molecule has 5 rings (SSSR count). The summed E-state index contributed by atoms with van der Waals surface area (Å²) in [5.41, 5.74) is 0.990. The molecule has 0 fully saturated rings. The number of nitrogens with zero attached hydrogens (tertiary/aromatic N) is 6. The van der Waals surface area contributed by atoms with E-state index in [-0.39, 0.29) is 35.1 Å². The fourth-order valence-corrected chi connectivity index (χ4v) is 5.30. The van der Waals surface area contributed by atoms with Crippen LogP contribution in [0.15, 0.2) is 47.5 Å². The first-order valence-electron chi connectivity index (χ1n) is 13.3. The highest BCUT2D eigenvalue weighted by molar-refractivity contribution is 5.77. The van der Waals surface area contributed by atoms with Crippen molar-refractivity contribution in [3.63, 3.8) is 0 Å². The lowest BCUT2D eigenvalue weighted by Crippen LogP contribution is -2.55. The molecule has 3 aromatic heterocycles. The molecule has 4 heterocycles. The van der Waals surface area contributed by atoms with Gasteiger partial charge in [-0.2, -0.15) is 18.2 Å². The molecule has 0 radical (unpaired) electrons. The minimum absolute atomic E-state index is 0.161. The second kappa shape index (κ2) is 9.43. The van der Waals surface area contributed by atoms with Crippen LogP contribution in [-0.2, 0) is 17.4 Å². The van der Waals surface area contributed by atoms with E-state index in [0.29, 0.717) is 28.7 Å². The summed E-state index contributed by atoms with van der Waals surface area (Å²) in [6, 6.07) is 8.48. The molecular weight excluding hydrogens is 519 g/mol. The highest BCUT2D eigenvalue weighted by Gasteiger charge is 2.57. The number of anilines is 2. The lowest BCUT2D eigenvalue weighted by atomic mass is 9.81. The van der Waals surface area contributed by atoms with Gasteiger partial charge in [-0.1, -0.05) is 26.8 Å². The van der Waals surface area contributed by atoms with Crippen LogP contribution in [0, 0.1) is 0 Å². The van der Waals surface area contributed by atoms with Crippen LogP contribution >= 0.6 is 0 Å². The van der Waals surface area contributed by atoms with Gasteiger partial charge in [0.05, 0.1) is 5.69 Å². The summed E-state index contributed by atoms with van der Waals surface area (Å²) in [5.74, 6) is 0.235. The van der Waals surface area contributed by atoms with Crippen LogP contribution in [0.2, 0.25) is 0 Å². The molecule has 1 aromatic carbocycles. The minimum atomic E-state index is -4.42. The highest BCUT2D eigenvalue weighted by atomic mass is 19.4. The van der Waals surface area contributed by atoms with Gasteiger partial charge < -0.3 is 5.32 Å². The molecule has 0 spiro atoms. The van der Waals surface area contributed by atoms with E-state index in [1.165, 1.54) is 31.1 Å². The maximum atomic E-state index is 14.1. The standard InChI is InChI=1S/C29H34F3N7O/c1-17(2)38-25(40)21-16-34-26(36-24(21)39(38)20-10-12-33-23(15-20)27(3,4)5)35-19-8-9-22-18(14-19)11-13-37(7)28(22,6)29(30,31)32/h8-10,12,14-17H,11,13H2,1-7H3,(H,34,35,36). The van der Waals surface area contributed by atoms with Crippen molar-refractivity contribution in [3.8, 4) is 5.69 Å². The van der Waals surface area contributed by atoms with Crippen LogP contribution < -0.4 is 10.9 Å². The SMILES string of the molecule is CC(C)n1c(=O)c2cnc(Nc3ccc4c(c3)CCN(C)C4(C)C(F)(F)F)nc2n1-c1ccnc(C(C)(C)C)c1. The summed E-state index contributed by atoms with van der Waals surface area (Å²) in [6.07, 6.45) is -0.728. The van der Waals surface area contributed by atoms with Gasteiger partial charge in [0, 0.05) is 41.8 Å². The van der Waals surface area contributed by atoms with E-state index in [1.807, 2.05) is 26.0 Å². The molecule has 11 heteroatoms. The Kier molecular flexibility index (Phi) is 6.56. The van der Waals surface area contributed by atoms with E-state index in [9.17, 15) is 18.0 Å². The van der Waals surface area contributed by atoms with Crippen molar-refractivity contribution in [2.24, 2.45) is 0 Å². The average molecular weight is 554 g/mol. The smallest absolute Gasteiger partial charge is 0.324 e. The Hall–Kier alpha value is -3.73. The number of rotatable bonds is 4. The highest BCUT2D eigenvalue weighted by Crippen LogP contribution is 2.47. The van der Waals surface area contributed by atoms with Crippen LogP contribution in [0.3, 0.4) is 0 Å². The lowest BCUT2D eigenvalue weighted by Gasteiger charge is -2.45. The summed E-state index contributed by atoms with van der Waals surface area (Å²) >= 11 is 0. The predicted octanol–water partition coefficient (Wildman–Crippen LogP) is 5.86. The number of alkyl halides is 3. The van der Waals surface area contributed by atoms with Gasteiger partial charge in [-0.15, -0.1) is 0 Å². The maximum Gasteiger partial charge on any atom is 0.410 e. The van der Waals surface area contributed by atoms with Crippen LogP contribution in [0.4, 0.5) is 24.8 Å². The first kappa shape index (κ1) is 27.8. The molecule has 0 saturated heterocycles. The molecule has 1 aliphatic heterocycles. The van der Waals surface area contributed by atoms with Gasteiger partial charge in [-0.25, -0.2) is 14.3 Å². The number of hydrogen-bond acceptors (Lipinski definition) is 6. The average Bonchev–Trinajstić information content (AvgIpc) is 3.17. The van der Waals surface area contributed by atoms with E-state index in [2.05, 4.69) is 36.1 Å². The summed E-state index contributed by atoms with van der Waals surface area (Å²) in [5, 5.41) is 3.51. The number of likely N-dealkylation sites (N-methyl/N-ethyl adjacent to an activating group) is 1. The normalized spacial score (nSPS) is 18.4. The Balaban J connectivity index is 1.59. The summed E-state index contributed by atoms with van der Waals surface area (Å²) in [4.78, 5) is 28.3. The molecular formula is C29H34F3N7O. The van der Waals surface area contributed by atoms with Crippen LogP contribution in [0.25, 0.3) is 16.7 Å². The molecule has 4 aromatic rings. The Morgan fingerprint density at radius 2 is 1.80 bits per heavy atom. The zero-order valence-electron chi connectivity index (χ0n) is 23.8.